The molecule has 0 atom stereocenters. The third-order valence-electron chi connectivity index (χ3n) is 2.24. The Morgan fingerprint density at radius 3 is 2.71 bits per heavy atom. The summed E-state index contributed by atoms with van der Waals surface area (Å²) >= 11 is 0. The molecule has 0 fully saturated rings. The molecule has 0 aromatic heterocycles. The fourth-order valence-electron chi connectivity index (χ4n) is 1.45. The van der Waals surface area contributed by atoms with Gasteiger partial charge in [-0.1, -0.05) is 6.07 Å². The monoisotopic (exact) mass is 244 g/mol. The molecule has 1 amide bonds. The van der Waals surface area contributed by atoms with Crippen molar-refractivity contribution >= 4 is 11.6 Å². The number of hydrogen-bond donors (Lipinski definition) is 1. The zero-order chi connectivity index (χ0) is 13.0. The molecule has 0 heterocycles. The molecule has 0 saturated carbocycles. The molecular formula is C11H14F2N2O2. The van der Waals surface area contributed by atoms with Crippen molar-refractivity contribution in [1.29, 1.82) is 0 Å². The van der Waals surface area contributed by atoms with Crippen molar-refractivity contribution in [1.82, 2.24) is 4.90 Å². The number of nitrogens with two attached hydrogens (primary N) is 1. The smallest absolute Gasteiger partial charge is 0.257 e. The molecule has 94 valence electrons. The fraction of sp³-hybridized carbons (Fsp3) is 0.364. The Balaban J connectivity index is 3.00. The van der Waals surface area contributed by atoms with E-state index in [2.05, 4.69) is 0 Å². The standard InChI is InChI=1S/C11H14F2N2O2/c1-15(6-9(12)13)11(16)7-4-3-5-8(14)10(7)17-2/h3-5,9H,6,14H2,1-2H3. The summed E-state index contributed by atoms with van der Waals surface area (Å²) in [6.07, 6.45) is -2.57. The first-order chi connectivity index (χ1) is 7.97. The minimum absolute atomic E-state index is 0.177. The highest BCUT2D eigenvalue weighted by Gasteiger charge is 2.20. The highest BCUT2D eigenvalue weighted by molar-refractivity contribution is 5.98. The number of para-hydroxylation sites is 1. The van der Waals surface area contributed by atoms with Crippen molar-refractivity contribution in [3.05, 3.63) is 23.8 Å². The summed E-state index contributed by atoms with van der Waals surface area (Å²) in [5, 5.41) is 0. The Morgan fingerprint density at radius 2 is 2.18 bits per heavy atom. The maximum atomic E-state index is 12.2. The lowest BCUT2D eigenvalue weighted by Crippen LogP contribution is -2.31. The molecule has 0 unspecified atom stereocenters. The molecule has 0 aliphatic carbocycles. The lowest BCUT2D eigenvalue weighted by molar-refractivity contribution is 0.0617. The molecule has 17 heavy (non-hydrogen) atoms. The van der Waals surface area contributed by atoms with Gasteiger partial charge in [0.05, 0.1) is 24.9 Å². The summed E-state index contributed by atoms with van der Waals surface area (Å²) in [6, 6.07) is 4.63. The van der Waals surface area contributed by atoms with Gasteiger partial charge in [0.15, 0.2) is 5.75 Å². The number of hydrogen-bond acceptors (Lipinski definition) is 3. The van der Waals surface area contributed by atoms with Gasteiger partial charge >= 0.3 is 0 Å². The molecule has 1 aromatic carbocycles. The number of amides is 1. The van der Waals surface area contributed by atoms with Crippen LogP contribution in [0.25, 0.3) is 0 Å². The van der Waals surface area contributed by atoms with Gasteiger partial charge in [-0.05, 0) is 12.1 Å². The number of carbonyl (C=O) groups excluding carboxylic acids is 1. The number of nitrogen functional groups attached to an aromatic ring is 1. The molecular weight excluding hydrogens is 230 g/mol. The fourth-order valence-corrected chi connectivity index (χ4v) is 1.45. The number of rotatable bonds is 4. The summed E-state index contributed by atoms with van der Waals surface area (Å²) in [5.41, 5.74) is 6.10. The zero-order valence-electron chi connectivity index (χ0n) is 9.61. The normalized spacial score (nSPS) is 10.4. The van der Waals surface area contributed by atoms with Crippen LogP contribution in [0.3, 0.4) is 0 Å². The van der Waals surface area contributed by atoms with Crippen molar-refractivity contribution in [2.75, 3.05) is 26.4 Å². The average Bonchev–Trinajstić information content (AvgIpc) is 2.26. The van der Waals surface area contributed by atoms with Crippen LogP contribution in [0.5, 0.6) is 5.75 Å². The van der Waals surface area contributed by atoms with Crippen LogP contribution in [0.4, 0.5) is 14.5 Å². The molecule has 0 spiro atoms. The van der Waals surface area contributed by atoms with E-state index >= 15 is 0 Å². The van der Waals surface area contributed by atoms with Crippen LogP contribution in [0.15, 0.2) is 18.2 Å². The minimum Gasteiger partial charge on any atom is -0.494 e. The molecule has 0 aliphatic heterocycles. The first kappa shape index (κ1) is 13.2. The molecule has 0 radical (unpaired) electrons. The lowest BCUT2D eigenvalue weighted by atomic mass is 10.1. The quantitative estimate of drug-likeness (QED) is 0.819. The number of methoxy groups -OCH3 is 1. The van der Waals surface area contributed by atoms with Crippen molar-refractivity contribution in [3.63, 3.8) is 0 Å². The second-order valence-electron chi connectivity index (χ2n) is 3.50. The van der Waals surface area contributed by atoms with Gasteiger partial charge in [-0.25, -0.2) is 8.78 Å². The topological polar surface area (TPSA) is 55.6 Å². The van der Waals surface area contributed by atoms with Crippen LogP contribution >= 0.6 is 0 Å². The van der Waals surface area contributed by atoms with Gasteiger partial charge in [-0.2, -0.15) is 0 Å². The summed E-state index contributed by atoms with van der Waals surface area (Å²) in [6.45, 7) is -0.628. The molecule has 1 rings (SSSR count). The zero-order valence-corrected chi connectivity index (χ0v) is 9.61. The van der Waals surface area contributed by atoms with E-state index in [9.17, 15) is 13.6 Å². The van der Waals surface area contributed by atoms with Crippen LogP contribution < -0.4 is 10.5 Å². The van der Waals surface area contributed by atoms with Crippen LogP contribution in [0.1, 0.15) is 10.4 Å². The van der Waals surface area contributed by atoms with Crippen LogP contribution in [-0.2, 0) is 0 Å². The molecule has 2 N–H and O–H groups in total. The number of halogens is 2. The third kappa shape index (κ3) is 3.05. The van der Waals surface area contributed by atoms with Gasteiger partial charge in [0, 0.05) is 7.05 Å². The van der Waals surface area contributed by atoms with E-state index in [1.54, 1.807) is 12.1 Å². The SMILES string of the molecule is COc1c(N)cccc1C(=O)N(C)CC(F)F. The van der Waals surface area contributed by atoms with E-state index in [1.165, 1.54) is 20.2 Å². The lowest BCUT2D eigenvalue weighted by Gasteiger charge is -2.18. The van der Waals surface area contributed by atoms with E-state index in [0.717, 1.165) is 4.90 Å². The summed E-state index contributed by atoms with van der Waals surface area (Å²) in [5.74, 6) is -0.340. The summed E-state index contributed by atoms with van der Waals surface area (Å²) < 4.78 is 29.3. The van der Waals surface area contributed by atoms with Crippen molar-refractivity contribution in [3.8, 4) is 5.75 Å². The van der Waals surface area contributed by atoms with Crippen LogP contribution in [0, 0.1) is 0 Å². The number of benzene rings is 1. The van der Waals surface area contributed by atoms with Crippen molar-refractivity contribution < 1.29 is 18.3 Å². The highest BCUT2D eigenvalue weighted by Crippen LogP contribution is 2.26. The van der Waals surface area contributed by atoms with Gasteiger partial charge < -0.3 is 15.4 Å². The molecule has 0 aliphatic rings. The van der Waals surface area contributed by atoms with Crippen molar-refractivity contribution in [2.24, 2.45) is 0 Å². The molecule has 4 nitrogen and oxygen atoms in total. The van der Waals surface area contributed by atoms with E-state index < -0.39 is 18.9 Å². The van der Waals surface area contributed by atoms with Gasteiger partial charge in [0.2, 0.25) is 0 Å². The largest absolute Gasteiger partial charge is 0.494 e. The van der Waals surface area contributed by atoms with Crippen LogP contribution in [0.2, 0.25) is 0 Å². The predicted octanol–water partition coefficient (Wildman–Crippen LogP) is 1.61. The number of ether oxygens (including phenoxy) is 1. The Morgan fingerprint density at radius 1 is 1.53 bits per heavy atom. The number of anilines is 1. The average molecular weight is 244 g/mol. The van der Waals surface area contributed by atoms with Crippen LogP contribution in [-0.4, -0.2) is 37.9 Å². The number of carbonyl (C=O) groups is 1. The maximum absolute atomic E-state index is 12.2. The minimum atomic E-state index is -2.57. The second kappa shape index (κ2) is 5.47. The van der Waals surface area contributed by atoms with Gasteiger partial charge in [-0.15, -0.1) is 0 Å². The van der Waals surface area contributed by atoms with E-state index in [0.29, 0.717) is 5.69 Å². The predicted molar refractivity (Wildman–Crippen MR) is 60.4 cm³/mol. The first-order valence-electron chi connectivity index (χ1n) is 4.93. The second-order valence-corrected chi connectivity index (χ2v) is 3.50. The molecule has 1 aromatic rings. The van der Waals surface area contributed by atoms with Crippen molar-refractivity contribution in [2.45, 2.75) is 6.43 Å². The summed E-state index contributed by atoms with van der Waals surface area (Å²) in [7, 11) is 2.67. The van der Waals surface area contributed by atoms with E-state index in [1.807, 2.05) is 0 Å². The number of alkyl halides is 2. The number of nitrogens with zero attached hydrogens (tertiary/aromatic N) is 1. The van der Waals surface area contributed by atoms with Gasteiger partial charge in [-0.3, -0.25) is 4.79 Å². The molecule has 0 bridgehead atoms. The Bertz CT molecular complexity index is 410. The molecule has 6 heteroatoms. The Labute approximate surface area is 98.0 Å². The van der Waals surface area contributed by atoms with E-state index in [4.69, 9.17) is 10.5 Å². The van der Waals surface area contributed by atoms with E-state index in [-0.39, 0.29) is 11.3 Å². The Hall–Kier alpha value is -1.85. The third-order valence-corrected chi connectivity index (χ3v) is 2.24. The van der Waals surface area contributed by atoms with Gasteiger partial charge in [0.1, 0.15) is 0 Å². The highest BCUT2D eigenvalue weighted by atomic mass is 19.3. The first-order valence-corrected chi connectivity index (χ1v) is 4.93. The molecule has 0 saturated heterocycles. The Kier molecular flexibility index (Phi) is 4.25. The maximum Gasteiger partial charge on any atom is 0.257 e. The van der Waals surface area contributed by atoms with Gasteiger partial charge in [0.25, 0.3) is 12.3 Å². The summed E-state index contributed by atoms with van der Waals surface area (Å²) in [4.78, 5) is 12.8.